The van der Waals surface area contributed by atoms with Gasteiger partial charge in [0.05, 0.1) is 5.69 Å². The first kappa shape index (κ1) is 16.6. The number of hydrogen-bond acceptors (Lipinski definition) is 5. The van der Waals surface area contributed by atoms with Crippen LogP contribution in [-0.2, 0) is 10.2 Å². The van der Waals surface area contributed by atoms with Crippen molar-refractivity contribution in [2.45, 2.75) is 39.2 Å². The monoisotopic (exact) mass is 297 g/mol. The maximum atomic E-state index is 12.0. The Bertz CT molecular complexity index is 573. The van der Waals surface area contributed by atoms with E-state index in [0.717, 1.165) is 0 Å². The molecule has 9 nitrogen and oxygen atoms in total. The third kappa shape index (κ3) is 3.56. The van der Waals surface area contributed by atoms with Crippen molar-refractivity contribution in [2.75, 3.05) is 7.05 Å². The van der Waals surface area contributed by atoms with E-state index in [-0.39, 0.29) is 5.69 Å². The van der Waals surface area contributed by atoms with Gasteiger partial charge in [-0.25, -0.2) is 14.3 Å². The normalized spacial score (nSPS) is 12.6. The second-order valence-corrected chi connectivity index (χ2v) is 5.53. The van der Waals surface area contributed by atoms with Gasteiger partial charge in [0.1, 0.15) is 6.04 Å². The van der Waals surface area contributed by atoms with Crippen molar-refractivity contribution in [3.05, 3.63) is 11.4 Å². The minimum atomic E-state index is -1.22. The minimum absolute atomic E-state index is 0.206. The molecular weight excluding hydrogens is 278 g/mol. The molecule has 3 N–H and O–H groups in total. The van der Waals surface area contributed by atoms with Crippen LogP contribution in [0.5, 0.6) is 0 Å². The highest BCUT2D eigenvalue weighted by Gasteiger charge is 2.32. The van der Waals surface area contributed by atoms with E-state index in [1.165, 1.54) is 18.7 Å². The molecule has 0 radical (unpaired) electrons. The Labute approximate surface area is 121 Å². The highest BCUT2D eigenvalue weighted by atomic mass is 16.4. The number of imide groups is 1. The summed E-state index contributed by atoms with van der Waals surface area (Å²) in [5, 5.41) is 20.9. The number of nitrogens with one attached hydrogen (secondary N) is 2. The molecule has 0 aliphatic heterocycles. The molecule has 1 aromatic rings. The van der Waals surface area contributed by atoms with Crippen molar-refractivity contribution >= 4 is 17.9 Å². The Morgan fingerprint density at radius 1 is 1.29 bits per heavy atom. The summed E-state index contributed by atoms with van der Waals surface area (Å²) in [4.78, 5) is 34.4. The molecule has 9 heteroatoms. The molecular formula is C12H19N5O4. The number of nitrogens with zero attached hydrogens (tertiary/aromatic N) is 3. The highest BCUT2D eigenvalue weighted by Crippen LogP contribution is 2.27. The van der Waals surface area contributed by atoms with Gasteiger partial charge in [-0.15, -0.1) is 5.10 Å². The molecule has 0 aromatic carbocycles. The van der Waals surface area contributed by atoms with Gasteiger partial charge in [-0.3, -0.25) is 10.1 Å². The quantitative estimate of drug-likeness (QED) is 0.736. The first-order valence-electron chi connectivity index (χ1n) is 6.31. The molecule has 0 spiro atoms. The van der Waals surface area contributed by atoms with Gasteiger partial charge in [-0.1, -0.05) is 26.0 Å². The van der Waals surface area contributed by atoms with Gasteiger partial charge in [0, 0.05) is 12.5 Å². The first-order chi connectivity index (χ1) is 9.59. The number of aromatic carboxylic acids is 1. The van der Waals surface area contributed by atoms with Crippen molar-refractivity contribution in [3.8, 4) is 0 Å². The fourth-order valence-corrected chi connectivity index (χ4v) is 1.80. The van der Waals surface area contributed by atoms with Crippen LogP contribution in [0.4, 0.5) is 4.79 Å². The fourth-order valence-electron chi connectivity index (χ4n) is 1.80. The Morgan fingerprint density at radius 2 is 1.86 bits per heavy atom. The number of aromatic nitrogens is 3. The predicted octanol–water partition coefficient (Wildman–Crippen LogP) is 0.290. The van der Waals surface area contributed by atoms with E-state index in [9.17, 15) is 14.4 Å². The molecule has 1 heterocycles. The number of carbonyl (C=O) groups excluding carboxylic acids is 2. The van der Waals surface area contributed by atoms with E-state index in [2.05, 4.69) is 20.9 Å². The predicted molar refractivity (Wildman–Crippen MR) is 73.0 cm³/mol. The molecule has 1 rings (SSSR count). The topological polar surface area (TPSA) is 126 Å². The second-order valence-electron chi connectivity index (χ2n) is 5.53. The maximum absolute atomic E-state index is 12.0. The van der Waals surface area contributed by atoms with Crippen molar-refractivity contribution in [1.29, 1.82) is 0 Å². The van der Waals surface area contributed by atoms with E-state index in [4.69, 9.17) is 5.11 Å². The first-order valence-corrected chi connectivity index (χ1v) is 6.31. The molecule has 0 fully saturated rings. The zero-order valence-corrected chi connectivity index (χ0v) is 12.6. The van der Waals surface area contributed by atoms with E-state index < -0.39 is 29.4 Å². The summed E-state index contributed by atoms with van der Waals surface area (Å²) >= 11 is 0. The Morgan fingerprint density at radius 3 is 2.29 bits per heavy atom. The number of urea groups is 1. The summed E-state index contributed by atoms with van der Waals surface area (Å²) in [7, 11) is 1.38. The van der Waals surface area contributed by atoms with Crippen molar-refractivity contribution < 1.29 is 19.5 Å². The number of carboxylic acid groups (broad SMARTS) is 1. The average Bonchev–Trinajstić information content (AvgIpc) is 2.82. The summed E-state index contributed by atoms with van der Waals surface area (Å²) in [5.74, 6) is -1.83. The molecule has 0 aliphatic carbocycles. The van der Waals surface area contributed by atoms with Crippen LogP contribution in [-0.4, -0.2) is 45.1 Å². The number of hydrogen-bond donors (Lipinski definition) is 3. The van der Waals surface area contributed by atoms with Crippen LogP contribution in [0.1, 0.15) is 49.9 Å². The smallest absolute Gasteiger partial charge is 0.358 e. The third-order valence-corrected chi connectivity index (χ3v) is 2.82. The van der Waals surface area contributed by atoms with E-state index >= 15 is 0 Å². The lowest BCUT2D eigenvalue weighted by atomic mass is 9.90. The van der Waals surface area contributed by atoms with Gasteiger partial charge in [-0.2, -0.15) is 0 Å². The fraction of sp³-hybridized carbons (Fsp3) is 0.583. The Hall–Kier alpha value is -2.45. The van der Waals surface area contributed by atoms with Crippen molar-refractivity contribution in [1.82, 2.24) is 25.6 Å². The van der Waals surface area contributed by atoms with Gasteiger partial charge >= 0.3 is 12.0 Å². The standard InChI is InChI=1S/C12H19N5O4/c1-6(9(18)14-11(21)13-5)17-8(12(2,3)4)7(10(19)20)15-16-17/h6H,1-5H3,(H,19,20)(H2,13,14,18,21). The van der Waals surface area contributed by atoms with Gasteiger partial charge in [0.25, 0.3) is 5.91 Å². The maximum Gasteiger partial charge on any atom is 0.358 e. The summed E-state index contributed by atoms with van der Waals surface area (Å²) in [6, 6.07) is -1.53. The zero-order chi connectivity index (χ0) is 16.4. The molecule has 1 unspecified atom stereocenters. The van der Waals surface area contributed by atoms with Crippen LogP contribution in [0.25, 0.3) is 0 Å². The zero-order valence-electron chi connectivity index (χ0n) is 12.6. The number of carbonyl (C=O) groups is 3. The molecule has 0 saturated heterocycles. The van der Waals surface area contributed by atoms with Crippen LogP contribution in [0.15, 0.2) is 0 Å². The third-order valence-electron chi connectivity index (χ3n) is 2.82. The molecule has 0 bridgehead atoms. The van der Waals surface area contributed by atoms with E-state index in [1.54, 1.807) is 20.8 Å². The lowest BCUT2D eigenvalue weighted by Gasteiger charge is -2.23. The van der Waals surface area contributed by atoms with Crippen LogP contribution >= 0.6 is 0 Å². The van der Waals surface area contributed by atoms with Gasteiger partial charge in [0.15, 0.2) is 5.69 Å². The SMILES string of the molecule is CNC(=O)NC(=O)C(C)n1nnc(C(=O)O)c1C(C)(C)C. The second kappa shape index (κ2) is 5.90. The Kier molecular flexibility index (Phi) is 4.66. The minimum Gasteiger partial charge on any atom is -0.476 e. The van der Waals surface area contributed by atoms with Crippen molar-refractivity contribution in [2.24, 2.45) is 0 Å². The Balaban J connectivity index is 3.22. The van der Waals surface area contributed by atoms with Crippen LogP contribution < -0.4 is 10.6 Å². The van der Waals surface area contributed by atoms with Gasteiger partial charge in [0.2, 0.25) is 0 Å². The summed E-state index contributed by atoms with van der Waals surface area (Å²) in [6.45, 7) is 6.88. The lowest BCUT2D eigenvalue weighted by molar-refractivity contribution is -0.123. The molecule has 21 heavy (non-hydrogen) atoms. The average molecular weight is 297 g/mol. The largest absolute Gasteiger partial charge is 0.476 e. The highest BCUT2D eigenvalue weighted by molar-refractivity contribution is 5.96. The number of rotatable bonds is 3. The molecule has 0 aliphatic rings. The van der Waals surface area contributed by atoms with E-state index in [0.29, 0.717) is 5.69 Å². The number of carboxylic acids is 1. The van der Waals surface area contributed by atoms with Crippen molar-refractivity contribution in [3.63, 3.8) is 0 Å². The van der Waals surface area contributed by atoms with Crippen LogP contribution in [0.3, 0.4) is 0 Å². The number of amides is 3. The molecule has 116 valence electrons. The lowest BCUT2D eigenvalue weighted by Crippen LogP contribution is -2.41. The van der Waals surface area contributed by atoms with Crippen LogP contribution in [0, 0.1) is 0 Å². The summed E-state index contributed by atoms with van der Waals surface area (Å²) < 4.78 is 1.22. The molecule has 1 aromatic heterocycles. The molecule has 0 saturated carbocycles. The van der Waals surface area contributed by atoms with Gasteiger partial charge in [-0.05, 0) is 6.92 Å². The molecule has 3 amide bonds. The van der Waals surface area contributed by atoms with E-state index in [1.807, 2.05) is 0 Å². The summed E-state index contributed by atoms with van der Waals surface area (Å²) in [5.41, 5.74) is -0.477. The summed E-state index contributed by atoms with van der Waals surface area (Å²) in [6.07, 6.45) is 0. The molecule has 1 atom stereocenters. The van der Waals surface area contributed by atoms with Gasteiger partial charge < -0.3 is 10.4 Å². The van der Waals surface area contributed by atoms with Crippen LogP contribution in [0.2, 0.25) is 0 Å².